The van der Waals surface area contributed by atoms with Gasteiger partial charge in [0.1, 0.15) is 0 Å². The Balaban J connectivity index is 2.32. The van der Waals surface area contributed by atoms with E-state index < -0.39 is 10.9 Å². The van der Waals surface area contributed by atoms with E-state index in [9.17, 15) is 14.9 Å². The van der Waals surface area contributed by atoms with Crippen LogP contribution in [0.2, 0.25) is 0 Å². The van der Waals surface area contributed by atoms with Crippen LogP contribution in [0.1, 0.15) is 15.9 Å². The molecule has 7 nitrogen and oxygen atoms in total. The third kappa shape index (κ3) is 3.19. The Kier molecular flexibility index (Phi) is 4.34. The summed E-state index contributed by atoms with van der Waals surface area (Å²) in [5.41, 5.74) is 0.238. The molecule has 0 spiro atoms. The number of non-ortho nitro benzene ring substituents is 1. The summed E-state index contributed by atoms with van der Waals surface area (Å²) in [6.07, 6.45) is 0. The molecular formula is C15H10N2O5. The van der Waals surface area contributed by atoms with Crippen LogP contribution in [-0.2, 0) is 0 Å². The fourth-order valence-electron chi connectivity index (χ4n) is 1.73. The largest absolute Gasteiger partial charge is 0.493 e. The zero-order chi connectivity index (χ0) is 16.1. The second kappa shape index (κ2) is 6.37. The minimum atomic E-state index is -0.740. The molecule has 0 fully saturated rings. The maximum absolute atomic E-state index is 12.1. The standard InChI is InChI=1S/C15H10N2O5/c1-21-13-6-5-12(17(19)20)8-14(13)22-15(18)11-4-2-3-10(7-11)9-16/h2-8H,1H3. The number of rotatable bonds is 4. The lowest BCUT2D eigenvalue weighted by Gasteiger charge is -2.09. The van der Waals surface area contributed by atoms with Crippen molar-refractivity contribution in [3.63, 3.8) is 0 Å². The predicted molar refractivity (Wildman–Crippen MR) is 75.8 cm³/mol. The number of hydrogen-bond acceptors (Lipinski definition) is 6. The van der Waals surface area contributed by atoms with Crippen molar-refractivity contribution in [1.29, 1.82) is 5.26 Å². The van der Waals surface area contributed by atoms with Crippen molar-refractivity contribution in [3.05, 3.63) is 63.7 Å². The first-order chi connectivity index (χ1) is 10.5. The van der Waals surface area contributed by atoms with Crippen molar-refractivity contribution in [3.8, 4) is 17.6 Å². The number of hydrogen-bond donors (Lipinski definition) is 0. The molecular weight excluding hydrogens is 288 g/mol. The third-order valence-electron chi connectivity index (χ3n) is 2.79. The van der Waals surface area contributed by atoms with Gasteiger partial charge in [0.05, 0.1) is 35.3 Å². The van der Waals surface area contributed by atoms with E-state index in [1.165, 1.54) is 31.4 Å². The molecule has 0 unspecified atom stereocenters. The number of nitro groups is 1. The van der Waals surface area contributed by atoms with Crippen LogP contribution in [0.15, 0.2) is 42.5 Å². The Morgan fingerprint density at radius 1 is 1.23 bits per heavy atom. The van der Waals surface area contributed by atoms with Crippen molar-refractivity contribution in [2.24, 2.45) is 0 Å². The van der Waals surface area contributed by atoms with Crippen LogP contribution in [0.4, 0.5) is 5.69 Å². The Hall–Kier alpha value is -3.40. The van der Waals surface area contributed by atoms with Gasteiger partial charge in [-0.3, -0.25) is 10.1 Å². The Bertz CT molecular complexity index is 780. The molecule has 0 amide bonds. The van der Waals surface area contributed by atoms with Gasteiger partial charge in [0.2, 0.25) is 0 Å². The first-order valence-corrected chi connectivity index (χ1v) is 6.10. The molecule has 0 saturated carbocycles. The summed E-state index contributed by atoms with van der Waals surface area (Å²) in [5.74, 6) is -0.615. The van der Waals surface area contributed by atoms with Crippen LogP contribution in [-0.4, -0.2) is 18.0 Å². The van der Waals surface area contributed by atoms with Gasteiger partial charge in [0.25, 0.3) is 5.69 Å². The monoisotopic (exact) mass is 298 g/mol. The van der Waals surface area contributed by atoms with E-state index in [4.69, 9.17) is 14.7 Å². The van der Waals surface area contributed by atoms with Crippen LogP contribution in [0.3, 0.4) is 0 Å². The lowest BCUT2D eigenvalue weighted by molar-refractivity contribution is -0.384. The third-order valence-corrected chi connectivity index (χ3v) is 2.79. The summed E-state index contributed by atoms with van der Waals surface area (Å²) in [5, 5.41) is 19.6. The fourth-order valence-corrected chi connectivity index (χ4v) is 1.73. The minimum Gasteiger partial charge on any atom is -0.493 e. The molecule has 0 aliphatic rings. The average Bonchev–Trinajstić information content (AvgIpc) is 2.54. The van der Waals surface area contributed by atoms with Crippen molar-refractivity contribution >= 4 is 11.7 Å². The molecule has 0 heterocycles. The van der Waals surface area contributed by atoms with Gasteiger partial charge >= 0.3 is 5.97 Å². The highest BCUT2D eigenvalue weighted by Crippen LogP contribution is 2.31. The number of esters is 1. The SMILES string of the molecule is COc1ccc([N+](=O)[O-])cc1OC(=O)c1cccc(C#N)c1. The van der Waals surface area contributed by atoms with Crippen LogP contribution in [0.25, 0.3) is 0 Å². The van der Waals surface area contributed by atoms with E-state index in [-0.39, 0.29) is 22.7 Å². The highest BCUT2D eigenvalue weighted by atomic mass is 16.6. The summed E-state index contributed by atoms with van der Waals surface area (Å²) in [6.45, 7) is 0. The number of nitro benzene ring substituents is 1. The number of methoxy groups -OCH3 is 1. The van der Waals surface area contributed by atoms with Crippen LogP contribution in [0, 0.1) is 21.4 Å². The van der Waals surface area contributed by atoms with Crippen molar-refractivity contribution in [2.75, 3.05) is 7.11 Å². The molecule has 0 aliphatic carbocycles. The van der Waals surface area contributed by atoms with Crippen molar-refractivity contribution < 1.29 is 19.2 Å². The molecule has 0 saturated heterocycles. The molecule has 0 aliphatic heterocycles. The molecule has 110 valence electrons. The van der Waals surface area contributed by atoms with Gasteiger partial charge in [0.15, 0.2) is 11.5 Å². The van der Waals surface area contributed by atoms with Gasteiger partial charge < -0.3 is 9.47 Å². The molecule has 2 aromatic carbocycles. The summed E-state index contributed by atoms with van der Waals surface area (Å²) in [4.78, 5) is 22.3. The maximum Gasteiger partial charge on any atom is 0.343 e. The van der Waals surface area contributed by atoms with Gasteiger partial charge in [-0.25, -0.2) is 4.79 Å². The van der Waals surface area contributed by atoms with E-state index in [0.29, 0.717) is 5.56 Å². The molecule has 22 heavy (non-hydrogen) atoms. The van der Waals surface area contributed by atoms with E-state index in [2.05, 4.69) is 0 Å². The molecule has 7 heteroatoms. The maximum atomic E-state index is 12.1. The average molecular weight is 298 g/mol. The second-order valence-electron chi connectivity index (χ2n) is 4.17. The second-order valence-corrected chi connectivity index (χ2v) is 4.17. The number of nitriles is 1. The summed E-state index contributed by atoms with van der Waals surface area (Å²) in [6, 6.07) is 11.5. The van der Waals surface area contributed by atoms with Crippen LogP contribution >= 0.6 is 0 Å². The highest BCUT2D eigenvalue weighted by Gasteiger charge is 2.17. The molecule has 0 radical (unpaired) electrons. The smallest absolute Gasteiger partial charge is 0.343 e. The molecule has 2 aromatic rings. The fraction of sp³-hybridized carbons (Fsp3) is 0.0667. The van der Waals surface area contributed by atoms with E-state index in [0.717, 1.165) is 6.07 Å². The van der Waals surface area contributed by atoms with E-state index in [1.807, 2.05) is 6.07 Å². The Morgan fingerprint density at radius 2 is 2.00 bits per heavy atom. The van der Waals surface area contributed by atoms with Crippen molar-refractivity contribution in [2.45, 2.75) is 0 Å². The highest BCUT2D eigenvalue weighted by molar-refractivity contribution is 5.91. The van der Waals surface area contributed by atoms with Gasteiger partial charge in [-0.1, -0.05) is 6.07 Å². The van der Waals surface area contributed by atoms with Gasteiger partial charge in [-0.05, 0) is 24.3 Å². The molecule has 0 N–H and O–H groups in total. The zero-order valence-electron chi connectivity index (χ0n) is 11.5. The number of benzene rings is 2. The van der Waals surface area contributed by atoms with Crippen molar-refractivity contribution in [1.82, 2.24) is 0 Å². The predicted octanol–water partition coefficient (Wildman–Crippen LogP) is 2.69. The molecule has 0 bridgehead atoms. The lowest BCUT2D eigenvalue weighted by Crippen LogP contribution is -2.09. The van der Waals surface area contributed by atoms with Gasteiger partial charge in [0, 0.05) is 6.07 Å². The minimum absolute atomic E-state index is 0.0657. The quantitative estimate of drug-likeness (QED) is 0.372. The van der Waals surface area contributed by atoms with Crippen LogP contribution < -0.4 is 9.47 Å². The Morgan fingerprint density at radius 3 is 2.64 bits per heavy atom. The number of nitrogens with zero attached hydrogens (tertiary/aromatic N) is 2. The normalized spacial score (nSPS) is 9.64. The van der Waals surface area contributed by atoms with E-state index >= 15 is 0 Å². The van der Waals surface area contributed by atoms with E-state index in [1.54, 1.807) is 12.1 Å². The Labute approximate surface area is 125 Å². The first kappa shape index (κ1) is 15.0. The summed E-state index contributed by atoms with van der Waals surface area (Å²) in [7, 11) is 1.36. The topological polar surface area (TPSA) is 102 Å². The number of carbonyl (C=O) groups excluding carboxylic acids is 1. The summed E-state index contributed by atoms with van der Waals surface area (Å²) >= 11 is 0. The molecule has 2 rings (SSSR count). The van der Waals surface area contributed by atoms with Gasteiger partial charge in [-0.15, -0.1) is 0 Å². The van der Waals surface area contributed by atoms with Gasteiger partial charge in [-0.2, -0.15) is 5.26 Å². The molecule has 0 aromatic heterocycles. The number of carbonyl (C=O) groups is 1. The summed E-state index contributed by atoms with van der Waals surface area (Å²) < 4.78 is 10.1. The van der Waals surface area contributed by atoms with Crippen LogP contribution in [0.5, 0.6) is 11.5 Å². The zero-order valence-corrected chi connectivity index (χ0v) is 11.5. The number of ether oxygens (including phenoxy) is 2. The molecule has 0 atom stereocenters. The lowest BCUT2D eigenvalue weighted by atomic mass is 10.1. The first-order valence-electron chi connectivity index (χ1n) is 6.10.